The van der Waals surface area contributed by atoms with E-state index < -0.39 is 17.8 Å². The lowest BCUT2D eigenvalue weighted by molar-refractivity contribution is 0.0997. The molecule has 2 heterocycles. The van der Waals surface area contributed by atoms with Gasteiger partial charge in [0.2, 0.25) is 0 Å². The summed E-state index contributed by atoms with van der Waals surface area (Å²) in [5, 5.41) is 7.50. The molecule has 2 aromatic carbocycles. The minimum absolute atomic E-state index is 0.0354. The minimum Gasteiger partial charge on any atom is -0.496 e. The van der Waals surface area contributed by atoms with Crippen LogP contribution in [0.25, 0.3) is 10.9 Å². The Balaban J connectivity index is 1.57. The van der Waals surface area contributed by atoms with Crippen molar-refractivity contribution < 1.29 is 23.5 Å². The molecule has 0 unspecified atom stereocenters. The number of amides is 3. The van der Waals surface area contributed by atoms with Gasteiger partial charge >= 0.3 is 6.03 Å². The van der Waals surface area contributed by atoms with Crippen LogP contribution in [0.15, 0.2) is 54.2 Å². The minimum atomic E-state index is -0.699. The standard InChI is InChI=1S/C21H16FN5O4S/c1-30-18-10-16-12(9-13(18)19(23)28)17(4-5-24-16)31-11-2-3-15(14(22)8-11)26-20(29)27-21-25-6-7-32-21/h2-10H,1H3,(H2,23,28)(H2,25,26,27,29). The van der Waals surface area contributed by atoms with Crippen LogP contribution in [0.1, 0.15) is 10.4 Å². The number of aromatic nitrogens is 2. The lowest BCUT2D eigenvalue weighted by Crippen LogP contribution is -2.19. The zero-order valence-electron chi connectivity index (χ0n) is 16.6. The quantitative estimate of drug-likeness (QED) is 0.398. The second-order valence-electron chi connectivity index (χ2n) is 6.40. The van der Waals surface area contributed by atoms with E-state index in [2.05, 4.69) is 20.6 Å². The first kappa shape index (κ1) is 21.0. The van der Waals surface area contributed by atoms with E-state index in [4.69, 9.17) is 15.2 Å². The summed E-state index contributed by atoms with van der Waals surface area (Å²) in [6.07, 6.45) is 3.05. The number of carbonyl (C=O) groups excluding carboxylic acids is 2. The van der Waals surface area contributed by atoms with Crippen molar-refractivity contribution in [2.24, 2.45) is 5.73 Å². The van der Waals surface area contributed by atoms with Gasteiger partial charge in [0, 0.05) is 35.3 Å². The number of methoxy groups -OCH3 is 1. The molecular formula is C21H16FN5O4S. The Hall–Kier alpha value is -4.25. The molecule has 0 aliphatic heterocycles. The molecule has 0 spiro atoms. The maximum absolute atomic E-state index is 14.5. The number of urea groups is 1. The van der Waals surface area contributed by atoms with Gasteiger partial charge in [-0.25, -0.2) is 14.2 Å². The van der Waals surface area contributed by atoms with Gasteiger partial charge in [-0.2, -0.15) is 0 Å². The molecule has 3 amide bonds. The first-order valence-electron chi connectivity index (χ1n) is 9.16. The second kappa shape index (κ2) is 8.86. The van der Waals surface area contributed by atoms with Crippen molar-refractivity contribution in [3.05, 3.63) is 65.6 Å². The fourth-order valence-electron chi connectivity index (χ4n) is 2.92. The van der Waals surface area contributed by atoms with E-state index in [0.29, 0.717) is 21.8 Å². The normalized spacial score (nSPS) is 10.6. The van der Waals surface area contributed by atoms with Gasteiger partial charge in [0.15, 0.2) is 5.13 Å². The Kier molecular flexibility index (Phi) is 5.81. The van der Waals surface area contributed by atoms with Crippen LogP contribution in [0.3, 0.4) is 0 Å². The fourth-order valence-corrected chi connectivity index (χ4v) is 3.45. The average molecular weight is 453 g/mol. The van der Waals surface area contributed by atoms with Crippen LogP contribution in [0.2, 0.25) is 0 Å². The van der Waals surface area contributed by atoms with E-state index in [0.717, 1.165) is 6.07 Å². The largest absolute Gasteiger partial charge is 0.496 e. The maximum atomic E-state index is 14.5. The summed E-state index contributed by atoms with van der Waals surface area (Å²) in [6.45, 7) is 0. The van der Waals surface area contributed by atoms with Gasteiger partial charge in [0.05, 0.1) is 23.9 Å². The number of ether oxygens (including phenoxy) is 2. The number of fused-ring (bicyclic) bond motifs is 1. The number of pyridine rings is 1. The molecule has 4 N–H and O–H groups in total. The SMILES string of the molecule is COc1cc2nccc(Oc3ccc(NC(=O)Nc4nccs4)c(F)c3)c2cc1C(N)=O. The molecule has 0 aliphatic rings. The monoisotopic (exact) mass is 453 g/mol. The molecule has 0 aliphatic carbocycles. The first-order chi connectivity index (χ1) is 15.4. The molecule has 4 rings (SSSR count). The van der Waals surface area contributed by atoms with E-state index in [-0.39, 0.29) is 22.7 Å². The predicted octanol–water partition coefficient (Wildman–Crippen LogP) is 4.37. The van der Waals surface area contributed by atoms with Crippen LogP contribution in [0, 0.1) is 5.82 Å². The van der Waals surface area contributed by atoms with Crippen molar-refractivity contribution >= 4 is 45.0 Å². The number of primary amides is 1. The summed E-state index contributed by atoms with van der Waals surface area (Å²) in [7, 11) is 1.42. The molecule has 0 saturated carbocycles. The molecule has 0 bridgehead atoms. The molecule has 0 fully saturated rings. The Morgan fingerprint density at radius 2 is 1.91 bits per heavy atom. The number of carbonyl (C=O) groups is 2. The number of nitrogens with one attached hydrogen (secondary N) is 2. The van der Waals surface area contributed by atoms with Gasteiger partial charge in [-0.1, -0.05) is 0 Å². The van der Waals surface area contributed by atoms with Crippen molar-refractivity contribution in [3.8, 4) is 17.2 Å². The molecule has 9 nitrogen and oxygen atoms in total. The topological polar surface area (TPSA) is 128 Å². The summed E-state index contributed by atoms with van der Waals surface area (Å²) in [6, 6.07) is 8.01. The van der Waals surface area contributed by atoms with Crippen LogP contribution in [0.5, 0.6) is 17.2 Å². The fraction of sp³-hybridized carbons (Fsp3) is 0.0476. The van der Waals surface area contributed by atoms with Gasteiger partial charge in [-0.15, -0.1) is 11.3 Å². The molecule has 11 heteroatoms. The Morgan fingerprint density at radius 1 is 1.06 bits per heavy atom. The van der Waals surface area contributed by atoms with E-state index in [1.165, 1.54) is 49.0 Å². The lowest BCUT2D eigenvalue weighted by Gasteiger charge is -2.13. The Bertz CT molecular complexity index is 1310. The molecule has 2 aromatic heterocycles. The Morgan fingerprint density at radius 3 is 2.59 bits per heavy atom. The molecular weight excluding hydrogens is 437 g/mol. The molecule has 0 saturated heterocycles. The highest BCUT2D eigenvalue weighted by molar-refractivity contribution is 7.13. The highest BCUT2D eigenvalue weighted by Crippen LogP contribution is 2.34. The van der Waals surface area contributed by atoms with Gasteiger partial charge in [-0.3, -0.25) is 15.1 Å². The molecule has 0 radical (unpaired) electrons. The molecule has 32 heavy (non-hydrogen) atoms. The zero-order chi connectivity index (χ0) is 22.7. The average Bonchev–Trinajstić information content (AvgIpc) is 3.27. The number of nitrogens with two attached hydrogens (primary N) is 1. The third-order valence-electron chi connectivity index (χ3n) is 4.36. The summed E-state index contributed by atoms with van der Waals surface area (Å²) >= 11 is 1.24. The Labute approximate surface area is 185 Å². The maximum Gasteiger partial charge on any atom is 0.325 e. The van der Waals surface area contributed by atoms with E-state index in [1.807, 2.05) is 0 Å². The summed E-state index contributed by atoms with van der Waals surface area (Å²) < 4.78 is 25.6. The third kappa shape index (κ3) is 4.42. The van der Waals surface area contributed by atoms with Gasteiger partial charge in [0.25, 0.3) is 5.91 Å². The van der Waals surface area contributed by atoms with Crippen molar-refractivity contribution in [3.63, 3.8) is 0 Å². The van der Waals surface area contributed by atoms with Crippen LogP contribution in [0.4, 0.5) is 20.0 Å². The highest BCUT2D eigenvalue weighted by Gasteiger charge is 2.15. The number of hydrogen-bond donors (Lipinski definition) is 3. The third-order valence-corrected chi connectivity index (χ3v) is 5.05. The van der Waals surface area contributed by atoms with Gasteiger partial charge in [-0.05, 0) is 24.3 Å². The number of rotatable bonds is 6. The number of nitrogens with zero attached hydrogens (tertiary/aromatic N) is 2. The summed E-state index contributed by atoms with van der Waals surface area (Å²) in [4.78, 5) is 31.9. The zero-order valence-corrected chi connectivity index (χ0v) is 17.4. The number of halogens is 1. The van der Waals surface area contributed by atoms with Crippen LogP contribution in [-0.4, -0.2) is 29.0 Å². The number of anilines is 2. The number of hydrogen-bond acceptors (Lipinski definition) is 7. The number of thiazole rings is 1. The van der Waals surface area contributed by atoms with Gasteiger partial charge in [0.1, 0.15) is 23.1 Å². The molecule has 4 aromatic rings. The van der Waals surface area contributed by atoms with E-state index in [1.54, 1.807) is 17.5 Å². The lowest BCUT2D eigenvalue weighted by atomic mass is 10.1. The van der Waals surface area contributed by atoms with Crippen LogP contribution in [-0.2, 0) is 0 Å². The smallest absolute Gasteiger partial charge is 0.325 e. The summed E-state index contributed by atoms with van der Waals surface area (Å²) in [5.41, 5.74) is 6.06. The highest BCUT2D eigenvalue weighted by atomic mass is 32.1. The summed E-state index contributed by atoms with van der Waals surface area (Å²) in [5.74, 6) is -0.572. The van der Waals surface area contributed by atoms with Crippen LogP contribution >= 0.6 is 11.3 Å². The van der Waals surface area contributed by atoms with Crippen molar-refractivity contribution in [1.82, 2.24) is 9.97 Å². The predicted molar refractivity (Wildman–Crippen MR) is 118 cm³/mol. The van der Waals surface area contributed by atoms with Gasteiger partial charge < -0.3 is 20.5 Å². The van der Waals surface area contributed by atoms with E-state index in [9.17, 15) is 14.0 Å². The van der Waals surface area contributed by atoms with Crippen LogP contribution < -0.4 is 25.8 Å². The van der Waals surface area contributed by atoms with Crippen molar-refractivity contribution in [1.29, 1.82) is 0 Å². The molecule has 162 valence electrons. The van der Waals surface area contributed by atoms with Crippen molar-refractivity contribution in [2.75, 3.05) is 17.7 Å². The molecule has 0 atom stereocenters. The first-order valence-corrected chi connectivity index (χ1v) is 10.0. The van der Waals surface area contributed by atoms with Crippen molar-refractivity contribution in [2.45, 2.75) is 0 Å². The van der Waals surface area contributed by atoms with E-state index >= 15 is 0 Å². The second-order valence-corrected chi connectivity index (χ2v) is 7.30. The number of benzene rings is 2.